The van der Waals surface area contributed by atoms with E-state index >= 15 is 0 Å². The van der Waals surface area contributed by atoms with Crippen molar-refractivity contribution in [2.75, 3.05) is 0 Å². The van der Waals surface area contributed by atoms with Crippen molar-refractivity contribution >= 4 is 21.8 Å². The summed E-state index contributed by atoms with van der Waals surface area (Å²) in [6.45, 7) is 2.51. The molecule has 2 nitrogen and oxygen atoms in total. The summed E-state index contributed by atoms with van der Waals surface area (Å²) in [5, 5.41) is 2.55. The maximum atomic E-state index is 5.32. The van der Waals surface area contributed by atoms with Crippen LogP contribution in [0.25, 0.3) is 33.2 Å². The number of aromatic nitrogens is 2. The van der Waals surface area contributed by atoms with Crippen LogP contribution in [0, 0.1) is 23.2 Å². The van der Waals surface area contributed by atoms with Crippen LogP contribution in [0.5, 0.6) is 0 Å². The third kappa shape index (κ3) is 2.60. The van der Waals surface area contributed by atoms with Crippen LogP contribution in [-0.4, -0.2) is 9.55 Å². The van der Waals surface area contributed by atoms with Gasteiger partial charge in [-0.1, -0.05) is 60.7 Å². The summed E-state index contributed by atoms with van der Waals surface area (Å²) in [5.41, 5.74) is 4.14. The fourth-order valence-corrected chi connectivity index (χ4v) is 7.98. The molecule has 4 bridgehead atoms. The number of nitrogens with zero attached hydrogens (tertiary/aromatic N) is 2. The van der Waals surface area contributed by atoms with Gasteiger partial charge < -0.3 is 4.57 Å². The zero-order chi connectivity index (χ0) is 20.6. The van der Waals surface area contributed by atoms with Gasteiger partial charge in [-0.25, -0.2) is 4.98 Å². The highest BCUT2D eigenvalue weighted by molar-refractivity contribution is 6.05. The standard InChI is InChI=1S/C29H30N2/c1-19(29-16-20-13-21(17-29)15-22(14-20)18-29)31-26-12-11-23-7-5-6-10-25(23)27(26)30-28(31)24-8-3-2-4-9-24/h2-12,19-22H,13-18H2,1H3. The quantitative estimate of drug-likeness (QED) is 0.342. The van der Waals surface area contributed by atoms with Crippen molar-refractivity contribution in [3.05, 3.63) is 66.7 Å². The highest BCUT2D eigenvalue weighted by Crippen LogP contribution is 2.64. The van der Waals surface area contributed by atoms with Crippen LogP contribution in [0.2, 0.25) is 0 Å². The lowest BCUT2D eigenvalue weighted by molar-refractivity contribution is -0.0777. The summed E-state index contributed by atoms with van der Waals surface area (Å²) in [7, 11) is 0. The second kappa shape index (κ2) is 6.45. The second-order valence-corrected chi connectivity index (χ2v) is 10.8. The van der Waals surface area contributed by atoms with Crippen LogP contribution in [0.3, 0.4) is 0 Å². The van der Waals surface area contributed by atoms with Gasteiger partial charge in [0.25, 0.3) is 0 Å². The fraction of sp³-hybridized carbons (Fsp3) is 0.414. The molecule has 0 spiro atoms. The van der Waals surface area contributed by atoms with Gasteiger partial charge in [0.2, 0.25) is 0 Å². The predicted octanol–water partition coefficient (Wildman–Crippen LogP) is 7.63. The Morgan fingerprint density at radius 1 is 0.806 bits per heavy atom. The van der Waals surface area contributed by atoms with E-state index in [2.05, 4.69) is 78.2 Å². The van der Waals surface area contributed by atoms with Crippen LogP contribution in [0.4, 0.5) is 0 Å². The lowest BCUT2D eigenvalue weighted by Crippen LogP contribution is -2.49. The van der Waals surface area contributed by atoms with Crippen LogP contribution >= 0.6 is 0 Å². The molecule has 8 rings (SSSR count). The number of fused-ring (bicyclic) bond motifs is 3. The molecule has 1 heterocycles. The molecular formula is C29H30N2. The van der Waals surface area contributed by atoms with Gasteiger partial charge in [-0.15, -0.1) is 0 Å². The van der Waals surface area contributed by atoms with Crippen LogP contribution in [0.15, 0.2) is 66.7 Å². The van der Waals surface area contributed by atoms with E-state index < -0.39 is 0 Å². The molecule has 1 atom stereocenters. The largest absolute Gasteiger partial charge is 0.321 e. The van der Waals surface area contributed by atoms with Gasteiger partial charge in [-0.2, -0.15) is 0 Å². The van der Waals surface area contributed by atoms with Crippen molar-refractivity contribution in [3.63, 3.8) is 0 Å². The molecule has 31 heavy (non-hydrogen) atoms. The van der Waals surface area contributed by atoms with Gasteiger partial charge in [0.05, 0.1) is 11.0 Å². The topological polar surface area (TPSA) is 17.8 Å². The van der Waals surface area contributed by atoms with E-state index in [1.165, 1.54) is 60.4 Å². The minimum Gasteiger partial charge on any atom is -0.321 e. The van der Waals surface area contributed by atoms with E-state index in [0.717, 1.165) is 29.1 Å². The molecule has 0 radical (unpaired) electrons. The van der Waals surface area contributed by atoms with Crippen LogP contribution in [-0.2, 0) is 0 Å². The molecule has 0 N–H and O–H groups in total. The molecule has 4 aromatic rings. The second-order valence-electron chi connectivity index (χ2n) is 10.8. The molecule has 0 amide bonds. The summed E-state index contributed by atoms with van der Waals surface area (Å²) < 4.78 is 2.63. The molecule has 1 unspecified atom stereocenters. The van der Waals surface area contributed by atoms with E-state index in [1.54, 1.807) is 0 Å². The van der Waals surface area contributed by atoms with Gasteiger partial charge in [-0.05, 0) is 80.1 Å². The van der Waals surface area contributed by atoms with E-state index in [0.29, 0.717) is 11.5 Å². The van der Waals surface area contributed by atoms with Crippen molar-refractivity contribution in [1.29, 1.82) is 0 Å². The minimum absolute atomic E-state index is 0.442. The summed E-state index contributed by atoms with van der Waals surface area (Å²) >= 11 is 0. The average Bonchev–Trinajstić information content (AvgIpc) is 3.18. The van der Waals surface area contributed by atoms with Gasteiger partial charge in [0.15, 0.2) is 0 Å². The Balaban J connectivity index is 1.47. The van der Waals surface area contributed by atoms with Gasteiger partial charge in [0, 0.05) is 17.0 Å². The number of hydrogen-bond acceptors (Lipinski definition) is 1. The molecule has 4 aliphatic carbocycles. The first-order chi connectivity index (χ1) is 15.2. The smallest absolute Gasteiger partial charge is 0.141 e. The number of hydrogen-bond donors (Lipinski definition) is 0. The predicted molar refractivity (Wildman–Crippen MR) is 128 cm³/mol. The van der Waals surface area contributed by atoms with Gasteiger partial charge >= 0.3 is 0 Å². The zero-order valence-corrected chi connectivity index (χ0v) is 18.3. The van der Waals surface area contributed by atoms with Crippen LogP contribution < -0.4 is 0 Å². The minimum atomic E-state index is 0.442. The molecule has 4 saturated carbocycles. The fourth-order valence-electron chi connectivity index (χ4n) is 7.98. The molecule has 0 saturated heterocycles. The molecular weight excluding hydrogens is 376 g/mol. The number of benzene rings is 3. The molecule has 156 valence electrons. The Morgan fingerprint density at radius 2 is 1.45 bits per heavy atom. The SMILES string of the molecule is CC(n1c(-c2ccccc2)nc2c3ccccc3ccc21)C12CC3CC(CC(C3)C1)C2. The summed E-state index contributed by atoms with van der Waals surface area (Å²) in [4.78, 5) is 5.32. The van der Waals surface area contributed by atoms with Gasteiger partial charge in [0.1, 0.15) is 5.82 Å². The highest BCUT2D eigenvalue weighted by Gasteiger charge is 2.54. The Labute approximate surface area is 184 Å². The highest BCUT2D eigenvalue weighted by atomic mass is 15.1. The first-order valence-electron chi connectivity index (χ1n) is 12.2. The van der Waals surface area contributed by atoms with Crippen molar-refractivity contribution in [2.45, 2.75) is 51.5 Å². The van der Waals surface area contributed by atoms with Crippen LogP contribution in [0.1, 0.15) is 51.5 Å². The van der Waals surface area contributed by atoms with Crippen molar-refractivity contribution < 1.29 is 0 Å². The Morgan fingerprint density at radius 3 is 2.16 bits per heavy atom. The van der Waals surface area contributed by atoms with Crippen molar-refractivity contribution in [1.82, 2.24) is 9.55 Å². The Bertz CT molecular complexity index is 1250. The van der Waals surface area contributed by atoms with E-state index in [4.69, 9.17) is 4.98 Å². The molecule has 4 aliphatic rings. The lowest BCUT2D eigenvalue weighted by atomic mass is 9.48. The van der Waals surface area contributed by atoms with E-state index in [9.17, 15) is 0 Å². The average molecular weight is 407 g/mol. The van der Waals surface area contributed by atoms with Crippen molar-refractivity contribution in [2.24, 2.45) is 23.2 Å². The van der Waals surface area contributed by atoms with Crippen molar-refractivity contribution in [3.8, 4) is 11.4 Å². The zero-order valence-electron chi connectivity index (χ0n) is 18.3. The third-order valence-corrected chi connectivity index (χ3v) is 8.98. The first kappa shape index (κ1) is 18.0. The maximum Gasteiger partial charge on any atom is 0.141 e. The van der Waals surface area contributed by atoms with Gasteiger partial charge in [-0.3, -0.25) is 0 Å². The Kier molecular flexibility index (Phi) is 3.75. The number of rotatable bonds is 3. The van der Waals surface area contributed by atoms with E-state index in [-0.39, 0.29) is 0 Å². The molecule has 3 aromatic carbocycles. The number of imidazole rings is 1. The summed E-state index contributed by atoms with van der Waals surface area (Å²) in [6, 6.07) is 24.7. The molecule has 1 aromatic heterocycles. The molecule has 2 heteroatoms. The maximum absolute atomic E-state index is 5.32. The lowest BCUT2D eigenvalue weighted by Gasteiger charge is -2.59. The summed E-state index contributed by atoms with van der Waals surface area (Å²) in [5.74, 6) is 4.04. The summed E-state index contributed by atoms with van der Waals surface area (Å²) in [6.07, 6.45) is 8.73. The first-order valence-corrected chi connectivity index (χ1v) is 12.2. The third-order valence-electron chi connectivity index (χ3n) is 8.98. The molecule has 4 fully saturated rings. The normalized spacial score (nSPS) is 30.3. The van der Waals surface area contributed by atoms with E-state index in [1.807, 2.05) is 0 Å². The monoisotopic (exact) mass is 406 g/mol. The molecule has 0 aliphatic heterocycles. The Hall–Kier alpha value is -2.61.